The van der Waals surface area contributed by atoms with Crippen LogP contribution < -0.4 is 11.1 Å². The summed E-state index contributed by atoms with van der Waals surface area (Å²) in [5.41, 5.74) is 4.59. The van der Waals surface area contributed by atoms with Gasteiger partial charge in [0.25, 0.3) is 0 Å². The van der Waals surface area contributed by atoms with Crippen LogP contribution in [0.5, 0.6) is 0 Å². The number of ether oxygens (including phenoxy) is 1. The highest BCUT2D eigenvalue weighted by atomic mass is 19.1. The Balaban J connectivity index is 1.99. The van der Waals surface area contributed by atoms with Gasteiger partial charge in [-0.1, -0.05) is 13.8 Å². The van der Waals surface area contributed by atoms with Crippen molar-refractivity contribution in [2.45, 2.75) is 38.8 Å². The van der Waals surface area contributed by atoms with Crippen molar-refractivity contribution in [3.8, 4) is 0 Å². The fraction of sp³-hybridized carbons (Fsp3) is 0.556. The molecule has 3 N–H and O–H groups in total. The predicted octanol–water partition coefficient (Wildman–Crippen LogP) is 1.89. The number of hydrogen-bond donors (Lipinski definition) is 2. The number of nitrogens with one attached hydrogen (secondary N) is 1. The third-order valence-electron chi connectivity index (χ3n) is 5.09. The van der Waals surface area contributed by atoms with Crippen molar-refractivity contribution >= 4 is 17.5 Å². The first-order valence-corrected chi connectivity index (χ1v) is 8.43. The third kappa shape index (κ3) is 3.71. The number of benzene rings is 1. The van der Waals surface area contributed by atoms with Crippen LogP contribution >= 0.6 is 0 Å². The van der Waals surface area contributed by atoms with E-state index in [-0.39, 0.29) is 24.2 Å². The van der Waals surface area contributed by atoms with Crippen LogP contribution in [0, 0.1) is 17.0 Å². The molecule has 6 nitrogen and oxygen atoms in total. The summed E-state index contributed by atoms with van der Waals surface area (Å²) in [6.07, 6.45) is 0.243. The van der Waals surface area contributed by atoms with Gasteiger partial charge in [0.1, 0.15) is 17.2 Å². The van der Waals surface area contributed by atoms with Gasteiger partial charge in [-0.15, -0.1) is 0 Å². The Bertz CT molecular complexity index is 691. The molecular formula is C18H25F2N3O3. The van der Waals surface area contributed by atoms with Crippen LogP contribution in [0.4, 0.5) is 14.5 Å². The monoisotopic (exact) mass is 369 g/mol. The van der Waals surface area contributed by atoms with E-state index in [4.69, 9.17) is 10.5 Å². The molecule has 1 saturated carbocycles. The Kier molecular flexibility index (Phi) is 5.67. The molecule has 2 atom stereocenters. The molecule has 8 heteroatoms. The van der Waals surface area contributed by atoms with Crippen molar-refractivity contribution in [1.82, 2.24) is 4.90 Å². The summed E-state index contributed by atoms with van der Waals surface area (Å²) in [6, 6.07) is 2.70. The van der Waals surface area contributed by atoms with Crippen LogP contribution in [-0.4, -0.2) is 48.6 Å². The highest BCUT2D eigenvalue weighted by Gasteiger charge is 2.63. The molecule has 1 aromatic rings. The van der Waals surface area contributed by atoms with E-state index in [1.165, 1.54) is 11.9 Å². The van der Waals surface area contributed by atoms with E-state index >= 15 is 0 Å². The number of nitrogens with zero attached hydrogens (tertiary/aromatic N) is 1. The van der Waals surface area contributed by atoms with Gasteiger partial charge >= 0.3 is 0 Å². The van der Waals surface area contributed by atoms with Crippen LogP contribution in [-0.2, 0) is 14.3 Å². The van der Waals surface area contributed by atoms with E-state index in [1.807, 2.05) is 20.8 Å². The molecule has 144 valence electrons. The minimum Gasteiger partial charge on any atom is -0.378 e. The Hall–Kier alpha value is -2.06. The molecular weight excluding hydrogens is 344 g/mol. The predicted molar refractivity (Wildman–Crippen MR) is 93.4 cm³/mol. The maximum atomic E-state index is 13.2. The van der Waals surface area contributed by atoms with Crippen LogP contribution in [0.25, 0.3) is 0 Å². The van der Waals surface area contributed by atoms with Gasteiger partial charge in [0.2, 0.25) is 11.8 Å². The standard InChI is InChI=1S/C18H25F2N3O3/c1-5-26-14-9-18(21,17(14,2)3)16(25)23(4)10-15(24)22-13-7-11(19)6-12(20)8-13/h6-8,14H,5,9-10,21H2,1-4H3,(H,22,24). The summed E-state index contributed by atoms with van der Waals surface area (Å²) < 4.78 is 32.0. The highest BCUT2D eigenvalue weighted by molar-refractivity contribution is 5.96. The number of amides is 2. The van der Waals surface area contributed by atoms with Crippen LogP contribution in [0.2, 0.25) is 0 Å². The van der Waals surface area contributed by atoms with Crippen LogP contribution in [0.1, 0.15) is 27.2 Å². The maximum absolute atomic E-state index is 13.2. The van der Waals surface area contributed by atoms with E-state index in [1.54, 1.807) is 0 Å². The van der Waals surface area contributed by atoms with E-state index in [9.17, 15) is 18.4 Å². The number of likely N-dealkylation sites (N-methyl/N-ethyl adjacent to an activating group) is 1. The summed E-state index contributed by atoms with van der Waals surface area (Å²) in [7, 11) is 1.47. The van der Waals surface area contributed by atoms with Crippen molar-refractivity contribution in [2.24, 2.45) is 11.1 Å². The second-order valence-electron chi connectivity index (χ2n) is 7.21. The van der Waals surface area contributed by atoms with E-state index in [0.29, 0.717) is 19.1 Å². The summed E-state index contributed by atoms with van der Waals surface area (Å²) in [6.45, 7) is 5.84. The van der Waals surface area contributed by atoms with Crippen molar-refractivity contribution in [3.63, 3.8) is 0 Å². The topological polar surface area (TPSA) is 84.7 Å². The first-order chi connectivity index (χ1) is 12.0. The van der Waals surface area contributed by atoms with Gasteiger partial charge < -0.3 is 20.7 Å². The fourth-order valence-electron chi connectivity index (χ4n) is 3.25. The van der Waals surface area contributed by atoms with E-state index in [2.05, 4.69) is 5.32 Å². The number of hydrogen-bond acceptors (Lipinski definition) is 4. The van der Waals surface area contributed by atoms with Crippen molar-refractivity contribution < 1.29 is 23.1 Å². The summed E-state index contributed by atoms with van der Waals surface area (Å²) in [5, 5.41) is 2.37. The second-order valence-corrected chi connectivity index (χ2v) is 7.21. The molecule has 0 spiro atoms. The number of carbonyl (C=O) groups excluding carboxylic acids is 2. The smallest absolute Gasteiger partial charge is 0.243 e. The maximum Gasteiger partial charge on any atom is 0.243 e. The number of rotatable bonds is 6. The third-order valence-corrected chi connectivity index (χ3v) is 5.09. The molecule has 26 heavy (non-hydrogen) atoms. The molecule has 1 aliphatic carbocycles. The molecule has 2 rings (SSSR count). The van der Waals surface area contributed by atoms with E-state index in [0.717, 1.165) is 12.1 Å². The molecule has 1 aromatic carbocycles. The molecule has 0 saturated heterocycles. The number of halogens is 2. The van der Waals surface area contributed by atoms with Gasteiger partial charge in [-0.25, -0.2) is 8.78 Å². The lowest BCUT2D eigenvalue weighted by Crippen LogP contribution is -2.76. The molecule has 2 unspecified atom stereocenters. The van der Waals surface area contributed by atoms with Gasteiger partial charge in [-0.2, -0.15) is 0 Å². The molecule has 1 fully saturated rings. The molecule has 1 aliphatic rings. The Morgan fingerprint density at radius 2 is 1.88 bits per heavy atom. The van der Waals surface area contributed by atoms with Crippen molar-refractivity contribution in [3.05, 3.63) is 29.8 Å². The number of carbonyl (C=O) groups is 2. The second kappa shape index (κ2) is 7.28. The summed E-state index contributed by atoms with van der Waals surface area (Å²) in [5.74, 6) is -2.56. The van der Waals surface area contributed by atoms with Gasteiger partial charge in [0.15, 0.2) is 0 Å². The molecule has 0 aliphatic heterocycles. The zero-order chi connectivity index (χ0) is 19.7. The minimum atomic E-state index is -1.13. The molecule has 0 aromatic heterocycles. The van der Waals surface area contributed by atoms with Crippen molar-refractivity contribution in [2.75, 3.05) is 25.5 Å². The quantitative estimate of drug-likeness (QED) is 0.802. The zero-order valence-corrected chi connectivity index (χ0v) is 15.4. The molecule has 0 bridgehead atoms. The first-order valence-electron chi connectivity index (χ1n) is 8.43. The highest BCUT2D eigenvalue weighted by Crippen LogP contribution is 2.50. The van der Waals surface area contributed by atoms with E-state index < -0.39 is 28.5 Å². The Morgan fingerprint density at radius 1 is 1.31 bits per heavy atom. The van der Waals surface area contributed by atoms with Crippen molar-refractivity contribution in [1.29, 1.82) is 0 Å². The van der Waals surface area contributed by atoms with Gasteiger partial charge in [-0.05, 0) is 19.1 Å². The lowest BCUT2D eigenvalue weighted by molar-refractivity contribution is -0.178. The summed E-state index contributed by atoms with van der Waals surface area (Å²) >= 11 is 0. The lowest BCUT2D eigenvalue weighted by atomic mass is 9.54. The van der Waals surface area contributed by atoms with Gasteiger partial charge in [0, 0.05) is 37.2 Å². The molecule has 2 amide bonds. The first kappa shape index (κ1) is 20.3. The summed E-state index contributed by atoms with van der Waals surface area (Å²) in [4.78, 5) is 26.1. The number of nitrogens with two attached hydrogens (primary N) is 1. The fourth-order valence-corrected chi connectivity index (χ4v) is 3.25. The van der Waals surface area contributed by atoms with Crippen LogP contribution in [0.15, 0.2) is 18.2 Å². The molecule has 0 heterocycles. The Labute approximate surface area is 151 Å². The van der Waals surface area contributed by atoms with Gasteiger partial charge in [-0.3, -0.25) is 9.59 Å². The normalized spacial score (nSPS) is 23.9. The SMILES string of the molecule is CCOC1CC(N)(C(=O)N(C)CC(=O)Nc2cc(F)cc(F)c2)C1(C)C. The minimum absolute atomic E-state index is 0.0174. The molecule has 0 radical (unpaired) electrons. The number of anilines is 1. The average Bonchev–Trinajstić information content (AvgIpc) is 2.52. The van der Waals surface area contributed by atoms with Gasteiger partial charge in [0.05, 0.1) is 12.6 Å². The largest absolute Gasteiger partial charge is 0.378 e. The Morgan fingerprint density at radius 3 is 2.38 bits per heavy atom. The average molecular weight is 369 g/mol. The lowest BCUT2D eigenvalue weighted by Gasteiger charge is -2.58. The zero-order valence-electron chi connectivity index (χ0n) is 15.4. The van der Waals surface area contributed by atoms with Crippen LogP contribution in [0.3, 0.4) is 0 Å².